The fraction of sp³-hybridized carbons (Fsp3) is 0.167. The molecule has 4 nitrogen and oxygen atoms in total. The molecule has 120 valence electrons. The zero-order chi connectivity index (χ0) is 16.9. The minimum atomic E-state index is -3.74. The molecule has 0 amide bonds. The highest BCUT2D eigenvalue weighted by Crippen LogP contribution is 2.23. The molecular formula is C18H19NO3S. The average molecular weight is 329 g/mol. The molecule has 5 heteroatoms. The van der Waals surface area contributed by atoms with Gasteiger partial charge in [0.25, 0.3) is 0 Å². The van der Waals surface area contributed by atoms with E-state index in [4.69, 9.17) is 0 Å². The number of hydrogen-bond donors (Lipinski definition) is 1. The summed E-state index contributed by atoms with van der Waals surface area (Å²) >= 11 is 0. The van der Waals surface area contributed by atoms with Gasteiger partial charge in [0.15, 0.2) is 0 Å². The van der Waals surface area contributed by atoms with Gasteiger partial charge >= 0.3 is 0 Å². The highest BCUT2D eigenvalue weighted by molar-refractivity contribution is 7.89. The van der Waals surface area contributed by atoms with Crippen LogP contribution in [-0.4, -0.2) is 14.7 Å². The number of benzene rings is 2. The van der Waals surface area contributed by atoms with Crippen molar-refractivity contribution in [3.63, 3.8) is 0 Å². The number of carbonyl (C=O) groups is 1. The van der Waals surface area contributed by atoms with Crippen molar-refractivity contribution in [2.24, 2.45) is 0 Å². The standard InChI is InChI=1S/C18H19NO3S/c1-3-15(13-20)18(16-7-5-4-6-8-16)19-23(21,22)17-11-9-14(2)10-12-17/h3-13,18-19H,1-2H3/b15-3-. The van der Waals surface area contributed by atoms with E-state index in [9.17, 15) is 13.2 Å². The lowest BCUT2D eigenvalue weighted by atomic mass is 10.0. The van der Waals surface area contributed by atoms with Gasteiger partial charge in [0, 0.05) is 5.57 Å². The minimum Gasteiger partial charge on any atom is -0.298 e. The molecule has 0 heterocycles. The fourth-order valence-electron chi connectivity index (χ4n) is 2.22. The summed E-state index contributed by atoms with van der Waals surface area (Å²) in [6.07, 6.45) is 2.29. The molecule has 0 aliphatic rings. The molecule has 0 radical (unpaired) electrons. The van der Waals surface area contributed by atoms with Crippen LogP contribution in [0.1, 0.15) is 24.1 Å². The summed E-state index contributed by atoms with van der Waals surface area (Å²) in [5, 5.41) is 0. The molecule has 0 saturated carbocycles. The van der Waals surface area contributed by atoms with Crippen LogP contribution in [0.4, 0.5) is 0 Å². The highest BCUT2D eigenvalue weighted by atomic mass is 32.2. The van der Waals surface area contributed by atoms with Crippen molar-refractivity contribution in [3.05, 3.63) is 77.4 Å². The quantitative estimate of drug-likeness (QED) is 0.654. The number of nitrogens with one attached hydrogen (secondary N) is 1. The molecule has 1 unspecified atom stereocenters. The van der Waals surface area contributed by atoms with Crippen LogP contribution in [0.25, 0.3) is 0 Å². The summed E-state index contributed by atoms with van der Waals surface area (Å²) in [4.78, 5) is 11.5. The largest absolute Gasteiger partial charge is 0.298 e. The Balaban J connectivity index is 2.41. The van der Waals surface area contributed by atoms with E-state index in [1.807, 2.05) is 13.0 Å². The molecule has 0 fully saturated rings. The molecule has 2 aromatic carbocycles. The Labute approximate surface area is 136 Å². The lowest BCUT2D eigenvalue weighted by Crippen LogP contribution is -2.30. The van der Waals surface area contributed by atoms with Gasteiger partial charge in [0.1, 0.15) is 6.29 Å². The van der Waals surface area contributed by atoms with Crippen molar-refractivity contribution in [2.75, 3.05) is 0 Å². The third kappa shape index (κ3) is 4.15. The van der Waals surface area contributed by atoms with Gasteiger partial charge in [-0.3, -0.25) is 4.79 Å². The van der Waals surface area contributed by atoms with E-state index in [0.29, 0.717) is 17.4 Å². The summed E-state index contributed by atoms with van der Waals surface area (Å²) in [6.45, 7) is 3.60. The number of allylic oxidation sites excluding steroid dienone is 1. The van der Waals surface area contributed by atoms with E-state index in [1.165, 1.54) is 0 Å². The van der Waals surface area contributed by atoms with Gasteiger partial charge in [-0.1, -0.05) is 54.1 Å². The average Bonchev–Trinajstić information content (AvgIpc) is 2.56. The van der Waals surface area contributed by atoms with E-state index in [-0.39, 0.29) is 4.90 Å². The summed E-state index contributed by atoms with van der Waals surface area (Å²) in [6, 6.07) is 14.9. The fourth-order valence-corrected chi connectivity index (χ4v) is 3.43. The summed E-state index contributed by atoms with van der Waals surface area (Å²) in [5.74, 6) is 0. The number of aryl methyl sites for hydroxylation is 1. The van der Waals surface area contributed by atoms with Crippen LogP contribution in [0.3, 0.4) is 0 Å². The van der Waals surface area contributed by atoms with Crippen molar-refractivity contribution in [3.8, 4) is 0 Å². The Morgan fingerprint density at radius 2 is 1.65 bits per heavy atom. The van der Waals surface area contributed by atoms with Gasteiger partial charge < -0.3 is 0 Å². The van der Waals surface area contributed by atoms with Crippen molar-refractivity contribution in [1.29, 1.82) is 0 Å². The second-order valence-corrected chi connectivity index (χ2v) is 6.90. The first-order chi connectivity index (χ1) is 11.0. The van der Waals surface area contributed by atoms with E-state index >= 15 is 0 Å². The zero-order valence-electron chi connectivity index (χ0n) is 13.1. The minimum absolute atomic E-state index is 0.172. The van der Waals surface area contributed by atoms with Gasteiger partial charge in [-0.2, -0.15) is 4.72 Å². The van der Waals surface area contributed by atoms with Crippen molar-refractivity contribution < 1.29 is 13.2 Å². The monoisotopic (exact) mass is 329 g/mol. The van der Waals surface area contributed by atoms with Gasteiger partial charge in [0.2, 0.25) is 10.0 Å². The third-order valence-electron chi connectivity index (χ3n) is 3.54. The molecule has 0 spiro atoms. The van der Waals surface area contributed by atoms with Crippen LogP contribution in [0.15, 0.2) is 71.1 Å². The number of sulfonamides is 1. The predicted octanol–water partition coefficient (Wildman–Crippen LogP) is 3.16. The van der Waals surface area contributed by atoms with Crippen LogP contribution in [-0.2, 0) is 14.8 Å². The number of hydrogen-bond acceptors (Lipinski definition) is 3. The van der Waals surface area contributed by atoms with Crippen molar-refractivity contribution in [2.45, 2.75) is 24.8 Å². The topological polar surface area (TPSA) is 63.2 Å². The maximum absolute atomic E-state index is 12.6. The van der Waals surface area contributed by atoms with Crippen LogP contribution >= 0.6 is 0 Å². The van der Waals surface area contributed by atoms with Crippen molar-refractivity contribution >= 4 is 16.3 Å². The summed E-state index contributed by atoms with van der Waals surface area (Å²) in [5.41, 5.74) is 2.06. The normalized spacial score (nSPS) is 13.6. The molecule has 0 aliphatic heterocycles. The summed E-state index contributed by atoms with van der Waals surface area (Å²) in [7, 11) is -3.74. The molecular weight excluding hydrogens is 310 g/mol. The number of rotatable bonds is 6. The Morgan fingerprint density at radius 3 is 2.17 bits per heavy atom. The molecule has 0 aromatic heterocycles. The van der Waals surface area contributed by atoms with E-state index < -0.39 is 16.1 Å². The van der Waals surface area contributed by atoms with Crippen molar-refractivity contribution in [1.82, 2.24) is 4.72 Å². The van der Waals surface area contributed by atoms with E-state index in [1.54, 1.807) is 61.5 Å². The molecule has 0 saturated heterocycles. The van der Waals surface area contributed by atoms with Crippen LogP contribution in [0.5, 0.6) is 0 Å². The smallest absolute Gasteiger partial charge is 0.241 e. The lowest BCUT2D eigenvalue weighted by Gasteiger charge is -2.19. The number of aldehydes is 1. The molecule has 1 N–H and O–H groups in total. The molecule has 2 rings (SSSR count). The Hall–Kier alpha value is -2.24. The van der Waals surface area contributed by atoms with Crippen LogP contribution in [0.2, 0.25) is 0 Å². The Kier molecular flexibility index (Phi) is 5.47. The van der Waals surface area contributed by atoms with E-state index in [0.717, 1.165) is 5.56 Å². The molecule has 2 aromatic rings. The molecule has 1 atom stereocenters. The third-order valence-corrected chi connectivity index (χ3v) is 4.98. The molecule has 0 bridgehead atoms. The SMILES string of the molecule is C/C=C(/C=O)C(NS(=O)(=O)c1ccc(C)cc1)c1ccccc1. The Morgan fingerprint density at radius 1 is 1.04 bits per heavy atom. The van der Waals surface area contributed by atoms with Gasteiger partial charge in [-0.25, -0.2) is 8.42 Å². The Bertz CT molecular complexity index is 794. The van der Waals surface area contributed by atoms with Gasteiger partial charge in [-0.05, 0) is 31.5 Å². The molecule has 0 aliphatic carbocycles. The first-order valence-corrected chi connectivity index (χ1v) is 8.71. The van der Waals surface area contributed by atoms with Crippen LogP contribution < -0.4 is 4.72 Å². The predicted molar refractivity (Wildman–Crippen MR) is 90.5 cm³/mol. The maximum atomic E-state index is 12.6. The highest BCUT2D eigenvalue weighted by Gasteiger charge is 2.23. The second-order valence-electron chi connectivity index (χ2n) is 5.18. The first-order valence-electron chi connectivity index (χ1n) is 7.23. The second kappa shape index (κ2) is 7.35. The van der Waals surface area contributed by atoms with Gasteiger partial charge in [-0.15, -0.1) is 0 Å². The van der Waals surface area contributed by atoms with Gasteiger partial charge in [0.05, 0.1) is 10.9 Å². The molecule has 23 heavy (non-hydrogen) atoms. The van der Waals surface area contributed by atoms with Crippen LogP contribution in [0, 0.1) is 6.92 Å². The maximum Gasteiger partial charge on any atom is 0.241 e. The zero-order valence-corrected chi connectivity index (χ0v) is 13.9. The first kappa shape index (κ1) is 17.1. The number of carbonyl (C=O) groups excluding carboxylic acids is 1. The lowest BCUT2D eigenvalue weighted by molar-refractivity contribution is -0.105. The van der Waals surface area contributed by atoms with E-state index in [2.05, 4.69) is 4.72 Å². The summed E-state index contributed by atoms with van der Waals surface area (Å²) < 4.78 is 27.8.